The first kappa shape index (κ1) is 14.4. The lowest BCUT2D eigenvalue weighted by molar-refractivity contribution is -0.120. The Hall–Kier alpha value is -1.62. The van der Waals surface area contributed by atoms with Crippen molar-refractivity contribution in [2.75, 3.05) is 26.1 Å². The molecule has 0 aromatic heterocycles. The molecule has 0 fully saturated rings. The summed E-state index contributed by atoms with van der Waals surface area (Å²) in [6.07, 6.45) is 0. The highest BCUT2D eigenvalue weighted by molar-refractivity contribution is 6.32. The van der Waals surface area contributed by atoms with Crippen LogP contribution in [0.1, 0.15) is 6.92 Å². The zero-order valence-electron chi connectivity index (χ0n) is 10.6. The van der Waals surface area contributed by atoms with Gasteiger partial charge >= 0.3 is 0 Å². The van der Waals surface area contributed by atoms with Crippen LogP contribution in [0.25, 0.3) is 0 Å². The molecule has 0 spiro atoms. The van der Waals surface area contributed by atoms with E-state index in [0.29, 0.717) is 28.8 Å². The van der Waals surface area contributed by atoms with E-state index in [1.54, 1.807) is 26.2 Å². The highest BCUT2D eigenvalue weighted by Gasteiger charge is 2.12. The fourth-order valence-corrected chi connectivity index (χ4v) is 1.60. The smallest absolute Gasteiger partial charge is 0.222 e. The molecule has 3 N–H and O–H groups in total. The largest absolute Gasteiger partial charge is 0.495 e. The molecule has 1 rings (SSSR count). The number of carbonyl (C=O) groups is 1. The molecule has 1 atom stereocenters. The van der Waals surface area contributed by atoms with E-state index in [4.69, 9.17) is 26.8 Å². The molecule has 18 heavy (non-hydrogen) atoms. The molecule has 0 heterocycles. The number of carbonyl (C=O) groups excluding carboxylic acids is 1. The van der Waals surface area contributed by atoms with E-state index in [-0.39, 0.29) is 11.8 Å². The summed E-state index contributed by atoms with van der Waals surface area (Å²) in [5.41, 5.74) is 5.88. The maximum Gasteiger partial charge on any atom is 0.222 e. The van der Waals surface area contributed by atoms with Crippen molar-refractivity contribution in [3.05, 3.63) is 17.2 Å². The maximum absolute atomic E-state index is 10.9. The van der Waals surface area contributed by atoms with Crippen LogP contribution in [0.5, 0.6) is 11.5 Å². The Morgan fingerprint density at radius 2 is 2.00 bits per heavy atom. The van der Waals surface area contributed by atoms with Crippen molar-refractivity contribution in [1.29, 1.82) is 0 Å². The third kappa shape index (κ3) is 3.43. The van der Waals surface area contributed by atoms with Crippen LogP contribution in [-0.4, -0.2) is 26.7 Å². The van der Waals surface area contributed by atoms with Gasteiger partial charge in [-0.15, -0.1) is 0 Å². The molecule has 5 nitrogen and oxygen atoms in total. The van der Waals surface area contributed by atoms with Gasteiger partial charge in [0.2, 0.25) is 5.91 Å². The number of primary amides is 1. The van der Waals surface area contributed by atoms with Gasteiger partial charge in [-0.3, -0.25) is 4.79 Å². The second kappa shape index (κ2) is 6.35. The maximum atomic E-state index is 10.9. The van der Waals surface area contributed by atoms with Crippen molar-refractivity contribution < 1.29 is 14.3 Å². The van der Waals surface area contributed by atoms with E-state index in [0.717, 1.165) is 0 Å². The van der Waals surface area contributed by atoms with Crippen molar-refractivity contribution >= 4 is 23.2 Å². The lowest BCUT2D eigenvalue weighted by Crippen LogP contribution is -2.26. The summed E-state index contributed by atoms with van der Waals surface area (Å²) in [6, 6.07) is 3.37. The van der Waals surface area contributed by atoms with Crippen molar-refractivity contribution in [2.45, 2.75) is 6.92 Å². The zero-order chi connectivity index (χ0) is 13.7. The van der Waals surface area contributed by atoms with E-state index in [2.05, 4.69) is 5.32 Å². The number of nitrogens with two attached hydrogens (primary N) is 1. The molecule has 1 amide bonds. The molecule has 0 aliphatic rings. The summed E-state index contributed by atoms with van der Waals surface area (Å²) in [4.78, 5) is 10.9. The summed E-state index contributed by atoms with van der Waals surface area (Å²) >= 11 is 6.02. The molecular formula is C12H17ClN2O3. The van der Waals surface area contributed by atoms with E-state index in [9.17, 15) is 4.79 Å². The second-order valence-corrected chi connectivity index (χ2v) is 4.28. The van der Waals surface area contributed by atoms with Crippen molar-refractivity contribution in [3.8, 4) is 11.5 Å². The van der Waals surface area contributed by atoms with Crippen LogP contribution in [-0.2, 0) is 4.79 Å². The fourth-order valence-electron chi connectivity index (χ4n) is 1.36. The number of methoxy groups -OCH3 is 2. The first-order valence-electron chi connectivity index (χ1n) is 5.44. The molecule has 0 bridgehead atoms. The monoisotopic (exact) mass is 272 g/mol. The van der Waals surface area contributed by atoms with Crippen LogP contribution in [0, 0.1) is 5.92 Å². The van der Waals surface area contributed by atoms with E-state index in [1.807, 2.05) is 0 Å². The molecule has 1 aromatic carbocycles. The van der Waals surface area contributed by atoms with Gasteiger partial charge in [0.05, 0.1) is 30.8 Å². The lowest BCUT2D eigenvalue weighted by atomic mass is 10.1. The van der Waals surface area contributed by atoms with Crippen LogP contribution >= 0.6 is 11.6 Å². The zero-order valence-corrected chi connectivity index (χ0v) is 11.4. The van der Waals surface area contributed by atoms with Gasteiger partial charge in [-0.2, -0.15) is 0 Å². The first-order chi connectivity index (χ1) is 8.49. The number of hydrogen-bond acceptors (Lipinski definition) is 4. The van der Waals surface area contributed by atoms with E-state index >= 15 is 0 Å². The Morgan fingerprint density at radius 3 is 2.50 bits per heavy atom. The lowest BCUT2D eigenvalue weighted by Gasteiger charge is -2.15. The van der Waals surface area contributed by atoms with Gasteiger partial charge in [0.15, 0.2) is 0 Å². The predicted molar refractivity (Wildman–Crippen MR) is 71.4 cm³/mol. The van der Waals surface area contributed by atoms with E-state index < -0.39 is 0 Å². The number of amides is 1. The summed E-state index contributed by atoms with van der Waals surface area (Å²) < 4.78 is 10.3. The number of halogens is 1. The normalized spacial score (nSPS) is 11.8. The first-order valence-corrected chi connectivity index (χ1v) is 5.82. The van der Waals surface area contributed by atoms with Gasteiger partial charge in [0.1, 0.15) is 11.5 Å². The molecule has 1 aromatic rings. The van der Waals surface area contributed by atoms with Crippen LogP contribution in [0.3, 0.4) is 0 Å². The van der Waals surface area contributed by atoms with Gasteiger partial charge in [0, 0.05) is 12.6 Å². The van der Waals surface area contributed by atoms with Gasteiger partial charge in [0.25, 0.3) is 0 Å². The number of benzene rings is 1. The van der Waals surface area contributed by atoms with Crippen LogP contribution in [0.15, 0.2) is 12.1 Å². The molecule has 0 radical (unpaired) electrons. The van der Waals surface area contributed by atoms with Gasteiger partial charge in [-0.05, 0) is 6.07 Å². The molecule has 0 saturated carbocycles. The summed E-state index contributed by atoms with van der Waals surface area (Å²) in [7, 11) is 3.08. The average molecular weight is 273 g/mol. The number of nitrogens with one attached hydrogen (secondary N) is 1. The van der Waals surface area contributed by atoms with Crippen molar-refractivity contribution in [3.63, 3.8) is 0 Å². The Morgan fingerprint density at radius 1 is 1.39 bits per heavy atom. The fraction of sp³-hybridized carbons (Fsp3) is 0.417. The predicted octanol–water partition coefficient (Wildman–Crippen LogP) is 1.89. The van der Waals surface area contributed by atoms with Crippen molar-refractivity contribution in [1.82, 2.24) is 0 Å². The van der Waals surface area contributed by atoms with Crippen LogP contribution < -0.4 is 20.5 Å². The minimum Gasteiger partial charge on any atom is -0.495 e. The average Bonchev–Trinajstić information content (AvgIpc) is 2.35. The molecule has 0 aliphatic heterocycles. The van der Waals surface area contributed by atoms with Gasteiger partial charge < -0.3 is 20.5 Å². The Balaban J connectivity index is 2.88. The Labute approximate surface area is 111 Å². The standard InChI is InChI=1S/C12H17ClN2O3/c1-7(12(14)16)6-15-9-4-8(13)10(17-2)5-11(9)18-3/h4-5,7,15H,6H2,1-3H3,(H2,14,16). The summed E-state index contributed by atoms with van der Waals surface area (Å²) in [5, 5.41) is 3.54. The topological polar surface area (TPSA) is 73.6 Å². The van der Waals surface area contributed by atoms with Gasteiger partial charge in [-0.1, -0.05) is 18.5 Å². The molecule has 6 heteroatoms. The summed E-state index contributed by atoms with van der Waals surface area (Å²) in [6.45, 7) is 2.15. The molecule has 0 saturated heterocycles. The third-order valence-electron chi connectivity index (χ3n) is 2.56. The molecule has 100 valence electrons. The highest BCUT2D eigenvalue weighted by atomic mass is 35.5. The molecule has 0 aliphatic carbocycles. The summed E-state index contributed by atoms with van der Waals surface area (Å²) in [5.74, 6) is 0.478. The SMILES string of the molecule is COc1cc(OC)c(NCC(C)C(N)=O)cc1Cl. The Kier molecular flexibility index (Phi) is 5.09. The van der Waals surface area contributed by atoms with Gasteiger partial charge in [-0.25, -0.2) is 0 Å². The number of ether oxygens (including phenoxy) is 2. The number of hydrogen-bond donors (Lipinski definition) is 2. The second-order valence-electron chi connectivity index (χ2n) is 3.87. The molecular weight excluding hydrogens is 256 g/mol. The third-order valence-corrected chi connectivity index (χ3v) is 2.85. The number of rotatable bonds is 6. The van der Waals surface area contributed by atoms with Crippen LogP contribution in [0.4, 0.5) is 5.69 Å². The Bertz CT molecular complexity index is 438. The van der Waals surface area contributed by atoms with E-state index in [1.165, 1.54) is 7.11 Å². The minimum atomic E-state index is -0.360. The minimum absolute atomic E-state index is 0.282. The highest BCUT2D eigenvalue weighted by Crippen LogP contribution is 2.35. The van der Waals surface area contributed by atoms with Crippen LogP contribution in [0.2, 0.25) is 5.02 Å². The number of anilines is 1. The quantitative estimate of drug-likeness (QED) is 0.829. The molecule has 1 unspecified atom stereocenters. The van der Waals surface area contributed by atoms with Crippen molar-refractivity contribution in [2.24, 2.45) is 11.7 Å².